The van der Waals surface area contributed by atoms with E-state index in [1.807, 2.05) is 15.4 Å². The van der Waals surface area contributed by atoms with Crippen LogP contribution in [0, 0.1) is 5.92 Å². The molecule has 0 saturated heterocycles. The minimum absolute atomic E-state index is 0. The molecule has 164 valence electrons. The third kappa shape index (κ3) is 4.67. The van der Waals surface area contributed by atoms with E-state index in [1.165, 1.54) is 16.7 Å². The van der Waals surface area contributed by atoms with Crippen molar-refractivity contribution >= 4 is 47.4 Å². The molecule has 0 bridgehead atoms. The van der Waals surface area contributed by atoms with Crippen LogP contribution >= 0.6 is 36.4 Å². The molecule has 0 aliphatic heterocycles. The van der Waals surface area contributed by atoms with Gasteiger partial charge in [0.05, 0.1) is 0 Å². The largest absolute Gasteiger partial charge is 0.147 e. The van der Waals surface area contributed by atoms with Gasteiger partial charge in [0.15, 0.2) is 0 Å². The number of benzene rings is 2. The molecule has 2 atom stereocenters. The average Bonchev–Trinajstić information content (AvgIpc) is 3.16. The van der Waals surface area contributed by atoms with Crippen molar-refractivity contribution in [1.82, 2.24) is 0 Å². The Balaban J connectivity index is 0.00000171. The van der Waals surface area contributed by atoms with E-state index in [-0.39, 0.29) is 30.2 Å². The summed E-state index contributed by atoms with van der Waals surface area (Å²) >= 11 is 4.70. The Morgan fingerprint density at radius 1 is 0.839 bits per heavy atom. The molecule has 0 spiro atoms. The van der Waals surface area contributed by atoms with Crippen LogP contribution in [0.25, 0.3) is 5.57 Å². The summed E-state index contributed by atoms with van der Waals surface area (Å²) in [6.07, 6.45) is 2.61. The first-order valence-corrected chi connectivity index (χ1v) is 19.7. The molecule has 2 aliphatic carbocycles. The second-order valence-corrected chi connectivity index (χ2v) is 26.5. The molecule has 0 amide bonds. The van der Waals surface area contributed by atoms with Gasteiger partial charge in [-0.15, -0.1) is 24.8 Å². The molecule has 4 rings (SSSR count). The quantitative estimate of drug-likeness (QED) is 0.325. The molecule has 0 N–H and O–H groups in total. The van der Waals surface area contributed by atoms with Crippen LogP contribution in [0.2, 0.25) is 18.1 Å². The van der Waals surface area contributed by atoms with Crippen molar-refractivity contribution in [3.05, 3.63) is 96.3 Å². The van der Waals surface area contributed by atoms with E-state index in [9.17, 15) is 0 Å². The van der Waals surface area contributed by atoms with Crippen molar-refractivity contribution in [2.45, 2.75) is 44.4 Å². The van der Waals surface area contributed by atoms with Gasteiger partial charge in [-0.05, 0) is 0 Å². The Kier molecular flexibility index (Phi) is 9.28. The minimum Gasteiger partial charge on any atom is -0.147 e. The summed E-state index contributed by atoms with van der Waals surface area (Å²) in [5.41, 5.74) is 9.88. The predicted molar refractivity (Wildman–Crippen MR) is 140 cm³/mol. The predicted octanol–water partition coefficient (Wildman–Crippen LogP) is 8.80. The molecular weight excluding hydrogens is 538 g/mol. The molecule has 2 unspecified atom stereocenters. The summed E-state index contributed by atoms with van der Waals surface area (Å²) in [6.45, 7) is 14.7. The second-order valence-electron chi connectivity index (χ2n) is 8.61. The zero-order valence-electron chi connectivity index (χ0n) is 19.0. The summed E-state index contributed by atoms with van der Waals surface area (Å²) in [7, 11) is 0. The second kappa shape index (κ2) is 10.7. The molecule has 5 heteroatoms. The normalized spacial score (nSPS) is 19.5. The van der Waals surface area contributed by atoms with Crippen molar-refractivity contribution in [3.63, 3.8) is 0 Å². The Bertz CT molecular complexity index is 1140. The van der Waals surface area contributed by atoms with Crippen LogP contribution in [0.4, 0.5) is 0 Å². The van der Waals surface area contributed by atoms with Crippen LogP contribution in [0.5, 0.6) is 0 Å². The smallest absolute Gasteiger partial charge is 0.147 e. The maximum atomic E-state index is 6.64. The number of allylic oxidation sites excluding steroid dienone is 5. The fourth-order valence-electron chi connectivity index (χ4n) is 5.06. The van der Waals surface area contributed by atoms with Crippen LogP contribution in [-0.2, 0) is 20.4 Å². The van der Waals surface area contributed by atoms with Gasteiger partial charge in [0, 0.05) is 0 Å². The molecule has 0 aromatic heterocycles. The van der Waals surface area contributed by atoms with Crippen molar-refractivity contribution in [3.8, 4) is 0 Å². The molecule has 0 heterocycles. The van der Waals surface area contributed by atoms with Crippen LogP contribution < -0.4 is 0 Å². The maximum absolute atomic E-state index is 6.64. The van der Waals surface area contributed by atoms with Gasteiger partial charge in [0.2, 0.25) is 0 Å². The van der Waals surface area contributed by atoms with E-state index in [0.29, 0.717) is 9.54 Å². The van der Waals surface area contributed by atoms with E-state index >= 15 is 0 Å². The molecule has 31 heavy (non-hydrogen) atoms. The first-order chi connectivity index (χ1) is 13.8. The van der Waals surface area contributed by atoms with E-state index in [4.69, 9.17) is 11.6 Å². The van der Waals surface area contributed by atoms with E-state index in [2.05, 4.69) is 83.3 Å². The molecule has 0 fully saturated rings. The zero-order valence-corrected chi connectivity index (χ0v) is 24.9. The monoisotopic (exact) mass is 566 g/mol. The van der Waals surface area contributed by atoms with Crippen LogP contribution in [0.3, 0.4) is 0 Å². The van der Waals surface area contributed by atoms with Gasteiger partial charge in [0.25, 0.3) is 0 Å². The van der Waals surface area contributed by atoms with Gasteiger partial charge in [-0.25, -0.2) is 0 Å². The molecule has 2 aromatic carbocycles. The Morgan fingerprint density at radius 3 is 1.97 bits per heavy atom. The number of rotatable bonds is 3. The Morgan fingerprint density at radius 2 is 1.42 bits per heavy atom. The van der Waals surface area contributed by atoms with Gasteiger partial charge >= 0.3 is 190 Å². The Labute approximate surface area is 212 Å². The fourth-order valence-corrected chi connectivity index (χ4v) is 25.0. The molecule has 0 radical (unpaired) electrons. The fraction of sp³-hybridized carbons (Fsp3) is 0.308. The standard InChI is InChI=1S/C15H10Cl.C9H13.C2H6Si.2ClH.Zr/c16-15-8-4-3-7-14(15)13-10-9-11-5-1-2-6-12(11)13;1-6-5-7(2)9(4)8(6)3;1-3-2;;;/h1-10H;6H,1-4H3;1-2H3;2*1H;. The maximum Gasteiger partial charge on any atom is -0.147 e. The van der Waals surface area contributed by atoms with Crippen molar-refractivity contribution in [2.75, 3.05) is 0 Å². The van der Waals surface area contributed by atoms with E-state index in [1.54, 1.807) is 22.3 Å². The summed E-state index contributed by atoms with van der Waals surface area (Å²) < 4.78 is 2.49. The van der Waals surface area contributed by atoms with Crippen LogP contribution in [0.15, 0.2) is 74.6 Å². The molecule has 2 aliphatic rings. The van der Waals surface area contributed by atoms with Gasteiger partial charge < -0.3 is 0 Å². The van der Waals surface area contributed by atoms with Crippen LogP contribution in [0.1, 0.15) is 48.0 Å². The summed E-state index contributed by atoms with van der Waals surface area (Å²) in [6, 6.07) is 17.4. The Hall–Kier alpha value is -0.370. The SMILES string of the molecule is CC1=C(C)C(C)[C]([Zr]([CH]2C=C(c3ccccc3Cl)c3ccccc32)=[Si](C)C)=C1C.Cl.Cl. The van der Waals surface area contributed by atoms with Crippen molar-refractivity contribution in [1.29, 1.82) is 0 Å². The zero-order chi connectivity index (χ0) is 20.9. The molecule has 0 nitrogen and oxygen atoms in total. The van der Waals surface area contributed by atoms with Gasteiger partial charge in [-0.1, -0.05) is 0 Å². The van der Waals surface area contributed by atoms with Gasteiger partial charge in [-0.3, -0.25) is 0 Å². The number of hydrogen-bond acceptors (Lipinski definition) is 0. The number of halogens is 3. The van der Waals surface area contributed by atoms with Crippen molar-refractivity contribution in [2.24, 2.45) is 5.92 Å². The minimum atomic E-state index is -1.94. The van der Waals surface area contributed by atoms with Gasteiger partial charge in [0.1, 0.15) is 0 Å². The van der Waals surface area contributed by atoms with Crippen LogP contribution in [-0.4, -0.2) is 5.43 Å². The number of hydrogen-bond donors (Lipinski definition) is 0. The van der Waals surface area contributed by atoms with Gasteiger partial charge in [-0.2, -0.15) is 0 Å². The summed E-state index contributed by atoms with van der Waals surface area (Å²) in [5.74, 6) is 0.634. The third-order valence-electron chi connectivity index (χ3n) is 6.86. The van der Waals surface area contributed by atoms with Crippen molar-refractivity contribution < 1.29 is 20.4 Å². The molecule has 2 aromatic rings. The molecule has 0 saturated carbocycles. The molecular formula is C26H31Cl3SiZr. The summed E-state index contributed by atoms with van der Waals surface area (Å²) in [5, 5.41) is 0.857. The number of fused-ring (bicyclic) bond motifs is 1. The van der Waals surface area contributed by atoms with E-state index in [0.717, 1.165) is 5.02 Å². The topological polar surface area (TPSA) is 0 Å². The summed E-state index contributed by atoms with van der Waals surface area (Å²) in [4.78, 5) is 0. The average molecular weight is 569 g/mol. The first kappa shape index (κ1) is 26.9. The third-order valence-corrected chi connectivity index (χ3v) is 25.8. The van der Waals surface area contributed by atoms with E-state index < -0.39 is 20.4 Å². The first-order valence-electron chi connectivity index (χ1n) is 10.4.